The van der Waals surface area contributed by atoms with Crippen LogP contribution in [-0.4, -0.2) is 24.3 Å². The predicted octanol–water partition coefficient (Wildman–Crippen LogP) is 5.41. The average Bonchev–Trinajstić information content (AvgIpc) is 3.10. The van der Waals surface area contributed by atoms with Crippen molar-refractivity contribution < 1.29 is 18.7 Å². The number of benzene rings is 3. The number of ether oxygens (including phenoxy) is 2. The summed E-state index contributed by atoms with van der Waals surface area (Å²) >= 11 is 1.27. The van der Waals surface area contributed by atoms with Crippen LogP contribution in [0.2, 0.25) is 0 Å². The van der Waals surface area contributed by atoms with Crippen LogP contribution in [0.25, 0.3) is 6.08 Å². The molecule has 31 heavy (non-hydrogen) atoms. The number of carbonyl (C=O) groups is 1. The maximum atomic E-state index is 13.3. The van der Waals surface area contributed by atoms with Gasteiger partial charge in [0.25, 0.3) is 5.91 Å². The highest BCUT2D eigenvalue weighted by atomic mass is 32.2. The van der Waals surface area contributed by atoms with E-state index < -0.39 is 0 Å². The minimum atomic E-state index is -0.335. The normalized spacial score (nSPS) is 18.1. The van der Waals surface area contributed by atoms with Gasteiger partial charge in [0.2, 0.25) is 0 Å². The summed E-state index contributed by atoms with van der Waals surface area (Å²) in [5.41, 5.74) is 2.11. The number of anilines is 1. The minimum Gasteiger partial charge on any atom is -0.486 e. The molecule has 154 valence electrons. The zero-order valence-electron chi connectivity index (χ0n) is 16.3. The van der Waals surface area contributed by atoms with Crippen LogP contribution in [-0.2, 0) is 4.79 Å². The number of amidine groups is 1. The number of amides is 1. The molecule has 5 nitrogen and oxygen atoms in total. The van der Waals surface area contributed by atoms with Crippen molar-refractivity contribution in [2.24, 2.45) is 4.99 Å². The highest BCUT2D eigenvalue weighted by Crippen LogP contribution is 2.38. The molecular weight excluding hydrogens is 415 g/mol. The van der Waals surface area contributed by atoms with E-state index in [1.165, 1.54) is 23.9 Å². The number of fused-ring (bicyclic) bond motifs is 1. The molecule has 2 heterocycles. The smallest absolute Gasteiger partial charge is 0.271 e. The fourth-order valence-electron chi connectivity index (χ4n) is 3.28. The Balaban J connectivity index is 1.53. The molecule has 2 aliphatic rings. The Labute approximate surface area is 182 Å². The van der Waals surface area contributed by atoms with E-state index in [1.807, 2.05) is 54.6 Å². The largest absolute Gasteiger partial charge is 0.486 e. The molecule has 0 N–H and O–H groups in total. The van der Waals surface area contributed by atoms with E-state index in [4.69, 9.17) is 9.47 Å². The number of para-hydroxylation sites is 1. The van der Waals surface area contributed by atoms with Crippen LogP contribution >= 0.6 is 11.8 Å². The van der Waals surface area contributed by atoms with Gasteiger partial charge < -0.3 is 9.47 Å². The molecule has 0 atom stereocenters. The Bertz CT molecular complexity index is 1190. The van der Waals surface area contributed by atoms with E-state index in [0.717, 1.165) is 5.56 Å². The van der Waals surface area contributed by atoms with Crippen LogP contribution in [0.1, 0.15) is 5.56 Å². The number of halogens is 1. The van der Waals surface area contributed by atoms with Crippen molar-refractivity contribution in [1.82, 2.24) is 0 Å². The van der Waals surface area contributed by atoms with Gasteiger partial charge in [0, 0.05) is 0 Å². The van der Waals surface area contributed by atoms with Crippen LogP contribution in [0.15, 0.2) is 82.7 Å². The molecule has 0 radical (unpaired) electrons. The second-order valence-electron chi connectivity index (χ2n) is 6.86. The Hall–Kier alpha value is -3.58. The second-order valence-corrected chi connectivity index (χ2v) is 7.87. The van der Waals surface area contributed by atoms with Gasteiger partial charge in [-0.3, -0.25) is 9.69 Å². The third kappa shape index (κ3) is 4.04. The zero-order chi connectivity index (χ0) is 21.2. The van der Waals surface area contributed by atoms with Gasteiger partial charge in [0.1, 0.15) is 19.0 Å². The van der Waals surface area contributed by atoms with Crippen molar-refractivity contribution in [2.75, 3.05) is 18.1 Å². The summed E-state index contributed by atoms with van der Waals surface area (Å²) < 4.78 is 24.5. The first-order valence-corrected chi connectivity index (χ1v) is 10.5. The van der Waals surface area contributed by atoms with Crippen molar-refractivity contribution in [1.29, 1.82) is 0 Å². The van der Waals surface area contributed by atoms with Crippen molar-refractivity contribution in [2.45, 2.75) is 0 Å². The van der Waals surface area contributed by atoms with Crippen molar-refractivity contribution in [3.05, 3.63) is 89.1 Å². The van der Waals surface area contributed by atoms with Gasteiger partial charge >= 0.3 is 0 Å². The second kappa shape index (κ2) is 8.28. The standard InChI is InChI=1S/C24H17FN2O3S/c25-17-7-9-18(10-8-17)26-24-27(19-4-2-1-3-5-19)23(28)22(31-24)15-16-6-11-20-21(14-16)30-13-12-29-20/h1-11,14-15H,12-13H2/b22-15-,26-24-. The molecule has 0 bridgehead atoms. The fourth-order valence-corrected chi connectivity index (χ4v) is 4.28. The lowest BCUT2D eigenvalue weighted by molar-refractivity contribution is -0.113. The summed E-state index contributed by atoms with van der Waals surface area (Å²) in [6.07, 6.45) is 1.81. The third-order valence-electron chi connectivity index (χ3n) is 4.74. The lowest BCUT2D eigenvalue weighted by atomic mass is 10.1. The predicted molar refractivity (Wildman–Crippen MR) is 120 cm³/mol. The van der Waals surface area contributed by atoms with Gasteiger partial charge in [-0.25, -0.2) is 9.38 Å². The first-order chi connectivity index (χ1) is 15.2. The minimum absolute atomic E-state index is 0.174. The Morgan fingerprint density at radius 3 is 2.45 bits per heavy atom. The van der Waals surface area contributed by atoms with Gasteiger partial charge in [0.05, 0.1) is 16.3 Å². The van der Waals surface area contributed by atoms with Gasteiger partial charge in [-0.15, -0.1) is 0 Å². The maximum absolute atomic E-state index is 13.3. The van der Waals surface area contributed by atoms with Gasteiger partial charge in [-0.05, 0) is 71.9 Å². The van der Waals surface area contributed by atoms with Crippen molar-refractivity contribution in [3.8, 4) is 11.5 Å². The molecule has 1 fully saturated rings. The molecule has 0 aromatic heterocycles. The van der Waals surface area contributed by atoms with Crippen LogP contribution in [0, 0.1) is 5.82 Å². The summed E-state index contributed by atoms with van der Waals surface area (Å²) in [4.78, 5) is 20.0. The molecule has 1 amide bonds. The molecule has 2 aliphatic heterocycles. The van der Waals surface area contributed by atoms with Crippen molar-refractivity contribution in [3.63, 3.8) is 0 Å². The molecule has 0 saturated carbocycles. The third-order valence-corrected chi connectivity index (χ3v) is 5.70. The number of rotatable bonds is 3. The Morgan fingerprint density at radius 1 is 0.935 bits per heavy atom. The first-order valence-electron chi connectivity index (χ1n) is 9.70. The highest BCUT2D eigenvalue weighted by Gasteiger charge is 2.34. The molecule has 0 unspecified atom stereocenters. The lowest BCUT2D eigenvalue weighted by Gasteiger charge is -2.18. The van der Waals surface area contributed by atoms with E-state index in [0.29, 0.717) is 46.2 Å². The molecular formula is C24H17FN2O3S. The fraction of sp³-hybridized carbons (Fsp3) is 0.0833. The molecule has 1 saturated heterocycles. The summed E-state index contributed by atoms with van der Waals surface area (Å²) in [5, 5.41) is 0.506. The van der Waals surface area contributed by atoms with E-state index in [9.17, 15) is 9.18 Å². The summed E-state index contributed by atoms with van der Waals surface area (Å²) in [7, 11) is 0. The van der Waals surface area contributed by atoms with Gasteiger partial charge in [0.15, 0.2) is 16.7 Å². The van der Waals surface area contributed by atoms with Crippen molar-refractivity contribution >= 4 is 40.3 Å². The number of aliphatic imine (C=N–C) groups is 1. The molecule has 3 aromatic rings. The first kappa shape index (κ1) is 19.4. The zero-order valence-corrected chi connectivity index (χ0v) is 17.1. The van der Waals surface area contributed by atoms with Gasteiger partial charge in [-0.1, -0.05) is 24.3 Å². The number of nitrogens with zero attached hydrogens (tertiary/aromatic N) is 2. The van der Waals surface area contributed by atoms with E-state index in [2.05, 4.69) is 4.99 Å². The monoisotopic (exact) mass is 432 g/mol. The molecule has 0 spiro atoms. The van der Waals surface area contributed by atoms with Crippen LogP contribution in [0.4, 0.5) is 15.8 Å². The highest BCUT2D eigenvalue weighted by molar-refractivity contribution is 8.19. The molecule has 7 heteroatoms. The van der Waals surface area contributed by atoms with Crippen LogP contribution < -0.4 is 14.4 Å². The quantitative estimate of drug-likeness (QED) is 0.520. The molecule has 3 aromatic carbocycles. The Morgan fingerprint density at radius 2 is 1.68 bits per heavy atom. The lowest BCUT2D eigenvalue weighted by Crippen LogP contribution is -2.28. The van der Waals surface area contributed by atoms with E-state index in [-0.39, 0.29) is 11.7 Å². The summed E-state index contributed by atoms with van der Waals surface area (Å²) in [6.45, 7) is 1.02. The maximum Gasteiger partial charge on any atom is 0.271 e. The number of thioether (sulfide) groups is 1. The van der Waals surface area contributed by atoms with Crippen LogP contribution in [0.5, 0.6) is 11.5 Å². The van der Waals surface area contributed by atoms with Gasteiger partial charge in [-0.2, -0.15) is 0 Å². The molecule has 5 rings (SSSR count). The van der Waals surface area contributed by atoms with E-state index >= 15 is 0 Å². The van der Waals surface area contributed by atoms with E-state index in [1.54, 1.807) is 17.0 Å². The molecule has 0 aliphatic carbocycles. The summed E-state index contributed by atoms with van der Waals surface area (Å²) in [5.74, 6) is 0.851. The Kier molecular flexibility index (Phi) is 5.18. The average molecular weight is 432 g/mol. The topological polar surface area (TPSA) is 51.1 Å². The number of hydrogen-bond donors (Lipinski definition) is 0. The van der Waals surface area contributed by atoms with Crippen LogP contribution in [0.3, 0.4) is 0 Å². The summed E-state index contributed by atoms with van der Waals surface area (Å²) in [6, 6.07) is 20.8. The number of hydrogen-bond acceptors (Lipinski definition) is 5. The number of carbonyl (C=O) groups excluding carboxylic acids is 1. The SMILES string of the molecule is O=C1/C(=C/c2ccc3c(c2)OCCO3)S/C(=N\c2ccc(F)cc2)N1c1ccccc1.